The number of carbonyl (C=O) groups excluding carboxylic acids is 2. The number of nitrogens with zero attached hydrogens (tertiary/aromatic N) is 1. The summed E-state index contributed by atoms with van der Waals surface area (Å²) in [5, 5.41) is 15.0. The van der Waals surface area contributed by atoms with Crippen molar-refractivity contribution < 1.29 is 19.1 Å². The van der Waals surface area contributed by atoms with Crippen LogP contribution in [0.5, 0.6) is 0 Å². The lowest BCUT2D eigenvalue weighted by atomic mass is 10.0. The number of hydrogen-bond donors (Lipinski definition) is 3. The molecule has 6 nitrogen and oxygen atoms in total. The number of halogens is 1. The Labute approximate surface area is 150 Å². The fourth-order valence-electron chi connectivity index (χ4n) is 2.94. The monoisotopic (exact) mass is 357 g/mol. The quantitative estimate of drug-likeness (QED) is 0.726. The van der Waals surface area contributed by atoms with Gasteiger partial charge in [0, 0.05) is 31.5 Å². The summed E-state index contributed by atoms with van der Waals surface area (Å²) < 4.78 is 13.1. The van der Waals surface area contributed by atoms with E-state index in [0.717, 1.165) is 30.3 Å². The number of fused-ring (bicyclic) bond motifs is 1. The molecule has 2 aromatic carbocycles. The number of likely N-dealkylation sites (N-methyl/N-ethyl adjacent to an activating group) is 1. The van der Waals surface area contributed by atoms with Gasteiger partial charge in [0.15, 0.2) is 0 Å². The van der Waals surface area contributed by atoms with Crippen molar-refractivity contribution in [3.05, 3.63) is 59.4 Å². The molecule has 0 aliphatic carbocycles. The minimum absolute atomic E-state index is 0.0932. The van der Waals surface area contributed by atoms with E-state index >= 15 is 0 Å². The average molecular weight is 357 g/mol. The first-order chi connectivity index (χ1) is 12.4. The third-order valence-corrected chi connectivity index (χ3v) is 4.36. The maximum absolute atomic E-state index is 13.1. The van der Waals surface area contributed by atoms with Crippen LogP contribution in [0.4, 0.5) is 15.8 Å². The number of amides is 2. The summed E-state index contributed by atoms with van der Waals surface area (Å²) in [7, 11) is 2.01. The first kappa shape index (κ1) is 17.9. The highest BCUT2D eigenvalue weighted by Crippen LogP contribution is 2.29. The molecule has 136 valence electrons. The zero-order chi connectivity index (χ0) is 18.7. The number of nitrogens with one attached hydrogen (secondary N) is 2. The van der Waals surface area contributed by atoms with E-state index in [1.165, 1.54) is 18.2 Å². The second kappa shape index (κ2) is 7.53. The van der Waals surface area contributed by atoms with E-state index in [4.69, 9.17) is 0 Å². The van der Waals surface area contributed by atoms with Gasteiger partial charge in [0.25, 0.3) is 0 Å². The lowest BCUT2D eigenvalue weighted by Crippen LogP contribution is -2.37. The Morgan fingerprint density at radius 2 is 2.04 bits per heavy atom. The van der Waals surface area contributed by atoms with Crippen LogP contribution in [0.1, 0.15) is 17.2 Å². The maximum atomic E-state index is 13.1. The van der Waals surface area contributed by atoms with Crippen LogP contribution in [-0.2, 0) is 16.0 Å². The molecule has 0 saturated carbocycles. The summed E-state index contributed by atoms with van der Waals surface area (Å²) in [4.78, 5) is 25.8. The predicted molar refractivity (Wildman–Crippen MR) is 96.4 cm³/mol. The molecule has 0 saturated heterocycles. The van der Waals surface area contributed by atoms with Crippen LogP contribution in [0, 0.1) is 5.82 Å². The fraction of sp³-hybridized carbons (Fsp3) is 0.263. The molecule has 0 fully saturated rings. The number of rotatable bonds is 4. The van der Waals surface area contributed by atoms with E-state index in [-0.39, 0.29) is 12.2 Å². The van der Waals surface area contributed by atoms with Gasteiger partial charge in [0.05, 0.1) is 6.10 Å². The van der Waals surface area contributed by atoms with Gasteiger partial charge in [-0.2, -0.15) is 0 Å². The van der Waals surface area contributed by atoms with Gasteiger partial charge in [-0.1, -0.05) is 18.2 Å². The Morgan fingerprint density at radius 3 is 2.81 bits per heavy atom. The van der Waals surface area contributed by atoms with Crippen LogP contribution in [0.25, 0.3) is 0 Å². The first-order valence-corrected chi connectivity index (χ1v) is 8.31. The van der Waals surface area contributed by atoms with Gasteiger partial charge in [0.1, 0.15) is 5.82 Å². The van der Waals surface area contributed by atoms with Gasteiger partial charge in [-0.05, 0) is 41.8 Å². The molecule has 2 amide bonds. The normalized spacial score (nSPS) is 13.9. The van der Waals surface area contributed by atoms with Crippen LogP contribution < -0.4 is 15.5 Å². The Morgan fingerprint density at radius 1 is 1.23 bits per heavy atom. The summed E-state index contributed by atoms with van der Waals surface area (Å²) in [6.45, 7) is 0.843. The lowest BCUT2D eigenvalue weighted by molar-refractivity contribution is -0.136. The number of anilines is 2. The summed E-state index contributed by atoms with van der Waals surface area (Å²) in [6.07, 6.45) is -0.00783. The van der Waals surface area contributed by atoms with Crippen molar-refractivity contribution in [1.82, 2.24) is 5.32 Å². The highest BCUT2D eigenvalue weighted by Gasteiger charge is 2.19. The van der Waals surface area contributed by atoms with Crippen LogP contribution in [0.3, 0.4) is 0 Å². The standard InChI is InChI=1S/C19H20FN3O3/c1-23-8-7-12-9-13(5-6-16(12)23)17(24)11-21-18(25)19(26)22-15-4-2-3-14(20)10-15/h2-6,9-10,17,24H,7-8,11H2,1H3,(H,21,25)(H,22,26). The molecule has 1 heterocycles. The molecular formula is C19H20FN3O3. The van der Waals surface area contributed by atoms with E-state index in [0.29, 0.717) is 5.56 Å². The van der Waals surface area contributed by atoms with Crippen molar-refractivity contribution in [2.75, 3.05) is 30.4 Å². The van der Waals surface area contributed by atoms with Gasteiger partial charge in [-0.25, -0.2) is 4.39 Å². The van der Waals surface area contributed by atoms with Gasteiger partial charge in [0.2, 0.25) is 0 Å². The Balaban J connectivity index is 1.54. The van der Waals surface area contributed by atoms with Crippen LogP contribution in [0.2, 0.25) is 0 Å². The SMILES string of the molecule is CN1CCc2cc(C(O)CNC(=O)C(=O)Nc3cccc(F)c3)ccc21. The molecule has 0 aromatic heterocycles. The Kier molecular flexibility index (Phi) is 5.18. The van der Waals surface area contributed by atoms with Gasteiger partial charge in [-0.15, -0.1) is 0 Å². The molecule has 7 heteroatoms. The van der Waals surface area contributed by atoms with Crippen molar-refractivity contribution in [3.8, 4) is 0 Å². The number of benzene rings is 2. The van der Waals surface area contributed by atoms with Crippen molar-refractivity contribution in [2.45, 2.75) is 12.5 Å². The Hall–Kier alpha value is -2.93. The molecule has 1 unspecified atom stereocenters. The average Bonchev–Trinajstić information content (AvgIpc) is 2.99. The fourth-order valence-corrected chi connectivity index (χ4v) is 2.94. The van der Waals surface area contributed by atoms with Crippen molar-refractivity contribution in [2.24, 2.45) is 0 Å². The highest BCUT2D eigenvalue weighted by atomic mass is 19.1. The van der Waals surface area contributed by atoms with Crippen molar-refractivity contribution >= 4 is 23.2 Å². The number of aliphatic hydroxyl groups excluding tert-OH is 1. The molecule has 26 heavy (non-hydrogen) atoms. The molecule has 3 N–H and O–H groups in total. The molecule has 1 aliphatic heterocycles. The highest BCUT2D eigenvalue weighted by molar-refractivity contribution is 6.39. The summed E-state index contributed by atoms with van der Waals surface area (Å²) >= 11 is 0. The molecule has 2 aromatic rings. The minimum atomic E-state index is -0.919. The third kappa shape index (κ3) is 4.00. The van der Waals surface area contributed by atoms with Crippen LogP contribution in [-0.4, -0.2) is 37.1 Å². The van der Waals surface area contributed by atoms with E-state index in [1.54, 1.807) is 0 Å². The minimum Gasteiger partial charge on any atom is -0.387 e. The van der Waals surface area contributed by atoms with Gasteiger partial charge >= 0.3 is 11.8 Å². The zero-order valence-corrected chi connectivity index (χ0v) is 14.3. The smallest absolute Gasteiger partial charge is 0.313 e. The second-order valence-corrected chi connectivity index (χ2v) is 6.25. The van der Waals surface area contributed by atoms with Crippen molar-refractivity contribution in [3.63, 3.8) is 0 Å². The molecular weight excluding hydrogens is 337 g/mol. The molecule has 0 spiro atoms. The van der Waals surface area contributed by atoms with Crippen LogP contribution >= 0.6 is 0 Å². The second-order valence-electron chi connectivity index (χ2n) is 6.25. The van der Waals surface area contributed by atoms with E-state index in [1.807, 2.05) is 25.2 Å². The number of aliphatic hydroxyl groups is 1. The van der Waals surface area contributed by atoms with Gasteiger partial charge < -0.3 is 20.6 Å². The van der Waals surface area contributed by atoms with E-state index in [9.17, 15) is 19.1 Å². The zero-order valence-electron chi connectivity index (χ0n) is 14.3. The van der Waals surface area contributed by atoms with Crippen LogP contribution in [0.15, 0.2) is 42.5 Å². The molecule has 0 radical (unpaired) electrons. The van der Waals surface area contributed by atoms with E-state index in [2.05, 4.69) is 15.5 Å². The number of hydrogen-bond acceptors (Lipinski definition) is 4. The molecule has 1 atom stereocenters. The van der Waals surface area contributed by atoms with Gasteiger partial charge in [-0.3, -0.25) is 9.59 Å². The van der Waals surface area contributed by atoms with Crippen molar-refractivity contribution in [1.29, 1.82) is 0 Å². The predicted octanol–water partition coefficient (Wildman–Crippen LogP) is 1.61. The first-order valence-electron chi connectivity index (χ1n) is 8.31. The Bertz CT molecular complexity index is 841. The molecule has 0 bridgehead atoms. The number of carbonyl (C=O) groups is 2. The summed E-state index contributed by atoms with van der Waals surface area (Å²) in [5.74, 6) is -2.33. The molecule has 3 rings (SSSR count). The van der Waals surface area contributed by atoms with E-state index < -0.39 is 23.7 Å². The topological polar surface area (TPSA) is 81.7 Å². The summed E-state index contributed by atoms with van der Waals surface area (Å²) in [5.41, 5.74) is 3.16. The summed E-state index contributed by atoms with van der Waals surface area (Å²) in [6, 6.07) is 10.9. The largest absolute Gasteiger partial charge is 0.387 e. The lowest BCUT2D eigenvalue weighted by Gasteiger charge is -2.15. The maximum Gasteiger partial charge on any atom is 0.313 e. The molecule has 1 aliphatic rings. The third-order valence-electron chi connectivity index (χ3n) is 4.36.